The third kappa shape index (κ3) is 2.90. The molecule has 5 heteroatoms. The third-order valence-corrected chi connectivity index (χ3v) is 3.40. The van der Waals surface area contributed by atoms with Crippen molar-refractivity contribution in [1.29, 1.82) is 0 Å². The van der Waals surface area contributed by atoms with E-state index >= 15 is 0 Å². The molecule has 1 heterocycles. The lowest BCUT2D eigenvalue weighted by Crippen LogP contribution is -2.05. The van der Waals surface area contributed by atoms with Crippen LogP contribution in [0, 0.1) is 0 Å². The van der Waals surface area contributed by atoms with Crippen molar-refractivity contribution in [3.63, 3.8) is 0 Å². The van der Waals surface area contributed by atoms with Crippen LogP contribution in [0.2, 0.25) is 5.02 Å². The van der Waals surface area contributed by atoms with E-state index in [1.165, 1.54) is 0 Å². The summed E-state index contributed by atoms with van der Waals surface area (Å²) < 4.78 is 0. The Kier molecular flexibility index (Phi) is 3.88. The number of nitrogens with one attached hydrogen (secondary N) is 2. The van der Waals surface area contributed by atoms with Crippen LogP contribution in [0.15, 0.2) is 48.5 Å². The van der Waals surface area contributed by atoms with E-state index in [0.29, 0.717) is 11.0 Å². The molecule has 21 heavy (non-hydrogen) atoms. The Labute approximate surface area is 128 Å². The standard InChI is InChI=1S/C16H15ClN4/c1-2-18-15-11-7-3-5-9-13(11)19-16(21-15)20-14-10-6-4-8-12(14)17/h3-10H,2H2,1H3,(H2,18,19,20,21). The summed E-state index contributed by atoms with van der Waals surface area (Å²) in [5, 5.41) is 8.08. The Morgan fingerprint density at radius 3 is 2.57 bits per heavy atom. The molecule has 2 aromatic carbocycles. The quantitative estimate of drug-likeness (QED) is 0.746. The number of nitrogens with zero attached hydrogens (tertiary/aromatic N) is 2. The van der Waals surface area contributed by atoms with Gasteiger partial charge in [-0.3, -0.25) is 0 Å². The molecule has 3 rings (SSSR count). The molecule has 0 amide bonds. The molecule has 0 atom stereocenters. The Bertz CT molecular complexity index is 773. The monoisotopic (exact) mass is 298 g/mol. The number of para-hydroxylation sites is 2. The maximum Gasteiger partial charge on any atom is 0.229 e. The van der Waals surface area contributed by atoms with Crippen LogP contribution in [0.3, 0.4) is 0 Å². The van der Waals surface area contributed by atoms with Crippen molar-refractivity contribution in [2.24, 2.45) is 0 Å². The zero-order chi connectivity index (χ0) is 14.7. The van der Waals surface area contributed by atoms with Crippen LogP contribution in [-0.4, -0.2) is 16.5 Å². The minimum atomic E-state index is 0.526. The average Bonchev–Trinajstić information content (AvgIpc) is 2.50. The number of rotatable bonds is 4. The van der Waals surface area contributed by atoms with Crippen LogP contribution < -0.4 is 10.6 Å². The lowest BCUT2D eigenvalue weighted by molar-refractivity contribution is 1.14. The van der Waals surface area contributed by atoms with Gasteiger partial charge in [-0.15, -0.1) is 0 Å². The minimum absolute atomic E-state index is 0.526. The van der Waals surface area contributed by atoms with Crippen LogP contribution in [-0.2, 0) is 0 Å². The predicted octanol–water partition coefficient (Wildman–Crippen LogP) is 4.46. The average molecular weight is 299 g/mol. The highest BCUT2D eigenvalue weighted by atomic mass is 35.5. The Morgan fingerprint density at radius 1 is 1.00 bits per heavy atom. The van der Waals surface area contributed by atoms with E-state index in [0.717, 1.165) is 29.0 Å². The van der Waals surface area contributed by atoms with Crippen LogP contribution in [0.25, 0.3) is 10.9 Å². The van der Waals surface area contributed by atoms with Gasteiger partial charge in [-0.1, -0.05) is 35.9 Å². The molecule has 1 aromatic heterocycles. The Morgan fingerprint density at radius 2 is 1.76 bits per heavy atom. The van der Waals surface area contributed by atoms with Crippen molar-refractivity contribution in [2.75, 3.05) is 17.2 Å². The van der Waals surface area contributed by atoms with E-state index in [9.17, 15) is 0 Å². The molecular formula is C16H15ClN4. The van der Waals surface area contributed by atoms with Crippen LogP contribution in [0.1, 0.15) is 6.92 Å². The highest BCUT2D eigenvalue weighted by molar-refractivity contribution is 6.33. The first-order valence-corrected chi connectivity index (χ1v) is 7.18. The van der Waals surface area contributed by atoms with Gasteiger partial charge >= 0.3 is 0 Å². The Balaban J connectivity index is 2.05. The molecule has 0 bridgehead atoms. The van der Waals surface area contributed by atoms with Gasteiger partial charge in [0.1, 0.15) is 5.82 Å². The summed E-state index contributed by atoms with van der Waals surface area (Å²) in [6, 6.07) is 15.4. The van der Waals surface area contributed by atoms with Crippen molar-refractivity contribution >= 4 is 40.0 Å². The molecule has 0 unspecified atom stereocenters. The highest BCUT2D eigenvalue weighted by Crippen LogP contribution is 2.26. The Hall–Kier alpha value is -2.33. The molecule has 106 valence electrons. The summed E-state index contributed by atoms with van der Waals surface area (Å²) in [5.74, 6) is 1.34. The van der Waals surface area contributed by atoms with E-state index in [2.05, 4.69) is 20.6 Å². The SMILES string of the molecule is CCNc1nc(Nc2ccccc2Cl)nc2ccccc12. The summed E-state index contributed by atoms with van der Waals surface area (Å²) in [4.78, 5) is 9.07. The minimum Gasteiger partial charge on any atom is -0.370 e. The molecule has 0 aliphatic heterocycles. The number of halogens is 1. The van der Waals surface area contributed by atoms with E-state index in [-0.39, 0.29) is 0 Å². The maximum absolute atomic E-state index is 6.16. The lowest BCUT2D eigenvalue weighted by Gasteiger charge is -2.11. The topological polar surface area (TPSA) is 49.8 Å². The van der Waals surface area contributed by atoms with Crippen molar-refractivity contribution in [1.82, 2.24) is 9.97 Å². The summed E-state index contributed by atoms with van der Waals surface area (Å²) in [6.45, 7) is 2.84. The highest BCUT2D eigenvalue weighted by Gasteiger charge is 2.08. The van der Waals surface area contributed by atoms with Crippen molar-refractivity contribution in [3.05, 3.63) is 53.6 Å². The number of fused-ring (bicyclic) bond motifs is 1. The van der Waals surface area contributed by atoms with Gasteiger partial charge in [0.05, 0.1) is 16.2 Å². The predicted molar refractivity (Wildman–Crippen MR) is 88.4 cm³/mol. The van der Waals surface area contributed by atoms with Gasteiger partial charge in [0, 0.05) is 11.9 Å². The molecule has 0 fully saturated rings. The fourth-order valence-electron chi connectivity index (χ4n) is 2.12. The lowest BCUT2D eigenvalue weighted by atomic mass is 10.2. The normalized spacial score (nSPS) is 10.6. The van der Waals surface area contributed by atoms with E-state index in [1.807, 2.05) is 55.5 Å². The molecule has 0 aliphatic carbocycles. The van der Waals surface area contributed by atoms with Gasteiger partial charge in [-0.25, -0.2) is 4.98 Å². The molecule has 3 aromatic rings. The van der Waals surface area contributed by atoms with Crippen molar-refractivity contribution in [3.8, 4) is 0 Å². The number of hydrogen-bond donors (Lipinski definition) is 2. The number of hydrogen-bond acceptors (Lipinski definition) is 4. The van der Waals surface area contributed by atoms with Gasteiger partial charge < -0.3 is 10.6 Å². The molecule has 0 radical (unpaired) electrons. The molecule has 0 aliphatic rings. The van der Waals surface area contributed by atoms with Gasteiger partial charge in [0.25, 0.3) is 0 Å². The zero-order valence-corrected chi connectivity index (χ0v) is 12.4. The molecule has 2 N–H and O–H groups in total. The van der Waals surface area contributed by atoms with E-state index < -0.39 is 0 Å². The second-order valence-electron chi connectivity index (χ2n) is 4.55. The van der Waals surface area contributed by atoms with Gasteiger partial charge in [-0.2, -0.15) is 4.98 Å². The maximum atomic E-state index is 6.16. The first-order valence-electron chi connectivity index (χ1n) is 6.80. The number of benzene rings is 2. The fourth-order valence-corrected chi connectivity index (χ4v) is 2.30. The summed E-state index contributed by atoms with van der Waals surface area (Å²) in [5.41, 5.74) is 1.68. The van der Waals surface area contributed by atoms with E-state index in [1.54, 1.807) is 0 Å². The summed E-state index contributed by atoms with van der Waals surface area (Å²) >= 11 is 6.16. The smallest absolute Gasteiger partial charge is 0.229 e. The zero-order valence-electron chi connectivity index (χ0n) is 11.6. The molecule has 0 saturated heterocycles. The molecular weight excluding hydrogens is 284 g/mol. The number of aromatic nitrogens is 2. The van der Waals surface area contributed by atoms with Gasteiger partial charge in [0.15, 0.2) is 0 Å². The van der Waals surface area contributed by atoms with E-state index in [4.69, 9.17) is 11.6 Å². The number of anilines is 3. The fraction of sp³-hybridized carbons (Fsp3) is 0.125. The van der Waals surface area contributed by atoms with Gasteiger partial charge in [-0.05, 0) is 31.2 Å². The van der Waals surface area contributed by atoms with Gasteiger partial charge in [0.2, 0.25) is 5.95 Å². The molecule has 0 spiro atoms. The first kappa shape index (κ1) is 13.6. The second-order valence-corrected chi connectivity index (χ2v) is 4.96. The third-order valence-electron chi connectivity index (χ3n) is 3.07. The molecule has 0 saturated carbocycles. The summed E-state index contributed by atoms with van der Waals surface area (Å²) in [6.07, 6.45) is 0. The van der Waals surface area contributed by atoms with Crippen molar-refractivity contribution < 1.29 is 0 Å². The van der Waals surface area contributed by atoms with Crippen LogP contribution >= 0.6 is 11.6 Å². The largest absolute Gasteiger partial charge is 0.370 e. The molecule has 4 nitrogen and oxygen atoms in total. The van der Waals surface area contributed by atoms with Crippen LogP contribution in [0.4, 0.5) is 17.5 Å². The first-order chi connectivity index (χ1) is 10.3. The van der Waals surface area contributed by atoms with Crippen LogP contribution in [0.5, 0.6) is 0 Å². The summed E-state index contributed by atoms with van der Waals surface area (Å²) in [7, 11) is 0. The van der Waals surface area contributed by atoms with Crippen molar-refractivity contribution in [2.45, 2.75) is 6.92 Å². The second kappa shape index (κ2) is 5.97.